The highest BCUT2D eigenvalue weighted by Crippen LogP contribution is 2.45. The molecule has 4 rings (SSSR count). The largest absolute Gasteiger partial charge is 0.574 e. The van der Waals surface area contributed by atoms with Crippen molar-refractivity contribution in [3.8, 4) is 0 Å². The summed E-state index contributed by atoms with van der Waals surface area (Å²) >= 11 is 0. The van der Waals surface area contributed by atoms with Crippen molar-refractivity contribution in [3.63, 3.8) is 0 Å². The summed E-state index contributed by atoms with van der Waals surface area (Å²) in [6, 6.07) is 0. The number of ether oxygens (including phenoxy) is 7. The van der Waals surface area contributed by atoms with Crippen LogP contribution in [0.5, 0.6) is 0 Å². The average Bonchev–Trinajstić information content (AvgIpc) is 2.99. The number of esters is 6. The molecule has 2 saturated heterocycles. The molecule has 47 heavy (non-hydrogen) atoms. The van der Waals surface area contributed by atoms with Crippen molar-refractivity contribution in [2.45, 2.75) is 76.7 Å². The van der Waals surface area contributed by atoms with Gasteiger partial charge in [0.05, 0.1) is 24.5 Å². The van der Waals surface area contributed by atoms with Gasteiger partial charge in [0, 0.05) is 32.1 Å². The third-order valence-electron chi connectivity index (χ3n) is 7.34. The lowest BCUT2D eigenvalue weighted by atomic mass is 9.87. The van der Waals surface area contributed by atoms with Gasteiger partial charge in [0.2, 0.25) is 0 Å². The van der Waals surface area contributed by atoms with Gasteiger partial charge >= 0.3 is 35.8 Å². The minimum atomic E-state index is -1.63. The minimum Gasteiger partial charge on any atom is -0.574 e. The molecule has 1 saturated carbocycles. The van der Waals surface area contributed by atoms with E-state index in [9.17, 15) is 33.9 Å². The Morgan fingerprint density at radius 2 is 1.21 bits per heavy atom. The monoisotopic (exact) mass is 653 g/mol. The summed E-state index contributed by atoms with van der Waals surface area (Å²) in [5.74, 6) is -10.9. The predicted molar refractivity (Wildman–Crippen MR) is 155 cm³/mol. The molecule has 1 aliphatic carbocycles. The van der Waals surface area contributed by atoms with E-state index in [0.717, 1.165) is 12.2 Å². The van der Waals surface area contributed by atoms with Crippen LogP contribution >= 0.6 is 0 Å². The summed E-state index contributed by atoms with van der Waals surface area (Å²) in [5, 5.41) is 12.4. The molecule has 14 nitrogen and oxygen atoms in total. The lowest BCUT2D eigenvalue weighted by Crippen LogP contribution is -2.56. The molecule has 0 radical (unpaired) electrons. The van der Waals surface area contributed by atoms with Gasteiger partial charge in [0.25, 0.3) is 11.6 Å². The van der Waals surface area contributed by atoms with E-state index in [4.69, 9.17) is 33.2 Å². The molecule has 0 aromatic heterocycles. The van der Waals surface area contributed by atoms with Crippen LogP contribution in [-0.4, -0.2) is 59.8 Å². The Labute approximate surface area is 269 Å². The third-order valence-corrected chi connectivity index (χ3v) is 7.34. The number of hydrogen-bond donors (Lipinski definition) is 0. The molecular formula is C33H33O14-. The fourth-order valence-corrected chi connectivity index (χ4v) is 4.90. The second-order valence-corrected chi connectivity index (χ2v) is 10.8. The highest BCUT2D eigenvalue weighted by Gasteiger charge is 2.56. The van der Waals surface area contributed by atoms with Gasteiger partial charge in [-0.25, -0.2) is 24.0 Å². The first-order valence-corrected chi connectivity index (χ1v) is 14.8. The molecule has 1 unspecified atom stereocenters. The zero-order valence-corrected chi connectivity index (χ0v) is 25.9. The van der Waals surface area contributed by atoms with E-state index in [-0.39, 0.29) is 50.7 Å². The Morgan fingerprint density at radius 1 is 0.723 bits per heavy atom. The molecule has 0 aromatic rings. The van der Waals surface area contributed by atoms with E-state index in [1.54, 1.807) is 25.2 Å². The highest BCUT2D eigenvalue weighted by molar-refractivity contribution is 6.16. The van der Waals surface area contributed by atoms with Gasteiger partial charge in [-0.1, -0.05) is 42.5 Å². The summed E-state index contributed by atoms with van der Waals surface area (Å²) < 4.78 is 37.0. The lowest BCUT2D eigenvalue weighted by Gasteiger charge is -2.45. The standard InChI is InChI=1S/C33H34O14/c1-4-6-7-9-12-22-27(37)44-32(45-28(22)38)17-19-33(20-18-32)46-29(39)23(30(40)47-33)14-11-8-10-13-21-25(35)42-31(3,43-26(21)36)16-15-24(34)41-5-2/h4,6-14,35H,5,15-20H2,1-3H3/p-1/b6-4+,9-7+,11-8+,13-10+,22-12?,23-14?. The molecule has 14 heteroatoms. The molecule has 3 fully saturated rings. The smallest absolute Gasteiger partial charge is 0.348 e. The third kappa shape index (κ3) is 8.26. The number of rotatable bonds is 9. The van der Waals surface area contributed by atoms with Crippen molar-refractivity contribution in [2.75, 3.05) is 6.61 Å². The van der Waals surface area contributed by atoms with E-state index in [2.05, 4.69) is 0 Å². The Morgan fingerprint density at radius 3 is 1.66 bits per heavy atom. The maximum atomic E-state index is 12.7. The summed E-state index contributed by atoms with van der Waals surface area (Å²) in [6.07, 6.45) is 13.5. The van der Waals surface area contributed by atoms with Crippen molar-refractivity contribution >= 4 is 35.8 Å². The molecule has 0 aromatic carbocycles. The fraction of sp³-hybridized carbons (Fsp3) is 0.394. The molecule has 1 atom stereocenters. The van der Waals surface area contributed by atoms with Gasteiger partial charge in [-0.3, -0.25) is 4.79 Å². The van der Waals surface area contributed by atoms with Crippen LogP contribution in [0.3, 0.4) is 0 Å². The number of allylic oxidation sites excluding steroid dienone is 9. The van der Waals surface area contributed by atoms with Gasteiger partial charge in [0.1, 0.15) is 11.1 Å². The summed E-state index contributed by atoms with van der Waals surface area (Å²) in [7, 11) is 0. The quantitative estimate of drug-likeness (QED) is 0.116. The van der Waals surface area contributed by atoms with Gasteiger partial charge in [-0.2, -0.15) is 0 Å². The van der Waals surface area contributed by atoms with Crippen LogP contribution in [-0.2, 0) is 61.9 Å². The van der Waals surface area contributed by atoms with Crippen molar-refractivity contribution in [3.05, 3.63) is 83.4 Å². The van der Waals surface area contributed by atoms with Crippen LogP contribution in [0.2, 0.25) is 0 Å². The number of carbonyl (C=O) groups is 6. The minimum absolute atomic E-state index is 0.0786. The topological polar surface area (TPSA) is 190 Å². The van der Waals surface area contributed by atoms with Gasteiger partial charge in [-0.05, 0) is 39.0 Å². The molecule has 3 aliphatic heterocycles. The van der Waals surface area contributed by atoms with Crippen molar-refractivity contribution in [1.82, 2.24) is 0 Å². The first-order valence-electron chi connectivity index (χ1n) is 14.8. The van der Waals surface area contributed by atoms with E-state index < -0.39 is 70.3 Å². The first kappa shape index (κ1) is 34.5. The molecule has 0 amide bonds. The lowest BCUT2D eigenvalue weighted by molar-refractivity contribution is -0.396. The SMILES string of the molecule is C/C=C/C=C/C=C1C(=O)OC2(CCC3(CC2)OC(=O)C(=C/C=C/C=C/C2=C([O-])OC(C)(CCC(=O)OCC)OC2=O)C(=O)O3)OC1=O. The maximum Gasteiger partial charge on any atom is 0.348 e. The second kappa shape index (κ2) is 14.4. The van der Waals surface area contributed by atoms with E-state index in [0.29, 0.717) is 0 Å². The number of hydrogen-bond acceptors (Lipinski definition) is 14. The normalized spacial score (nSPS) is 28.1. The van der Waals surface area contributed by atoms with Crippen molar-refractivity contribution in [1.29, 1.82) is 0 Å². The summed E-state index contributed by atoms with van der Waals surface area (Å²) in [5.41, 5.74) is -1.10. The highest BCUT2D eigenvalue weighted by atomic mass is 16.8. The van der Waals surface area contributed by atoms with Gasteiger partial charge in [-0.15, -0.1) is 0 Å². The zero-order chi connectivity index (χ0) is 34.2. The zero-order valence-electron chi connectivity index (χ0n) is 25.9. The molecule has 4 aliphatic rings. The van der Waals surface area contributed by atoms with Crippen molar-refractivity contribution in [2.24, 2.45) is 0 Å². The number of cyclic esters (lactones) is 1. The van der Waals surface area contributed by atoms with Gasteiger partial charge in [0.15, 0.2) is 5.79 Å². The number of carbonyl (C=O) groups excluding carboxylic acids is 6. The maximum absolute atomic E-state index is 12.7. The molecule has 0 N–H and O–H groups in total. The average molecular weight is 654 g/mol. The molecular weight excluding hydrogens is 620 g/mol. The Bertz CT molecular complexity index is 1500. The van der Waals surface area contributed by atoms with E-state index >= 15 is 0 Å². The summed E-state index contributed by atoms with van der Waals surface area (Å²) in [4.78, 5) is 74.5. The van der Waals surface area contributed by atoms with Crippen LogP contribution in [0.4, 0.5) is 0 Å². The van der Waals surface area contributed by atoms with Crippen LogP contribution in [0.15, 0.2) is 83.4 Å². The fourth-order valence-electron chi connectivity index (χ4n) is 4.90. The molecule has 2 spiro atoms. The van der Waals surface area contributed by atoms with E-state index in [1.807, 2.05) is 6.92 Å². The Balaban J connectivity index is 1.32. The van der Waals surface area contributed by atoms with Crippen molar-refractivity contribution < 1.29 is 67.0 Å². The Kier molecular flexibility index (Phi) is 10.5. The van der Waals surface area contributed by atoms with Crippen LogP contribution in [0.1, 0.15) is 59.3 Å². The molecule has 3 heterocycles. The molecule has 250 valence electrons. The summed E-state index contributed by atoms with van der Waals surface area (Å²) in [6.45, 7) is 4.99. The predicted octanol–water partition coefficient (Wildman–Crippen LogP) is 2.46. The van der Waals surface area contributed by atoms with Crippen LogP contribution < -0.4 is 5.11 Å². The Hall–Kier alpha value is -5.40. The molecule has 0 bridgehead atoms. The van der Waals surface area contributed by atoms with Crippen LogP contribution in [0.25, 0.3) is 0 Å². The second-order valence-electron chi connectivity index (χ2n) is 10.8. The van der Waals surface area contributed by atoms with Crippen LogP contribution in [0, 0.1) is 0 Å². The first-order chi connectivity index (χ1) is 22.3. The van der Waals surface area contributed by atoms with Gasteiger partial charge < -0.3 is 38.3 Å². The van der Waals surface area contributed by atoms with E-state index in [1.165, 1.54) is 37.3 Å².